The van der Waals surface area contributed by atoms with Gasteiger partial charge >= 0.3 is 5.97 Å². The molecule has 6 nitrogen and oxygen atoms in total. The molecule has 1 aromatic carbocycles. The molecule has 2 aromatic heterocycles. The number of thiophene rings is 1. The number of carboxylic acids is 1. The van der Waals surface area contributed by atoms with Gasteiger partial charge in [0.05, 0.1) is 5.39 Å². The van der Waals surface area contributed by atoms with Crippen LogP contribution in [-0.4, -0.2) is 45.2 Å². The number of rotatable bonds is 8. The van der Waals surface area contributed by atoms with Crippen molar-refractivity contribution in [3.05, 3.63) is 61.5 Å². The zero-order valence-corrected chi connectivity index (χ0v) is 18.3. The summed E-state index contributed by atoms with van der Waals surface area (Å²) in [6.45, 7) is 8.85. The molecule has 0 saturated heterocycles. The number of nitrogens with zero attached hydrogens (tertiary/aromatic N) is 3. The molecule has 29 heavy (non-hydrogen) atoms. The van der Waals surface area contributed by atoms with E-state index < -0.39 is 5.97 Å². The summed E-state index contributed by atoms with van der Waals surface area (Å²) < 4.78 is 1.69. The number of carboxylic acid groups (broad SMARTS) is 1. The Bertz CT molecular complexity index is 1100. The van der Waals surface area contributed by atoms with Crippen molar-refractivity contribution in [2.45, 2.75) is 33.7 Å². The van der Waals surface area contributed by atoms with Crippen molar-refractivity contribution < 1.29 is 9.90 Å². The third kappa shape index (κ3) is 4.52. The summed E-state index contributed by atoms with van der Waals surface area (Å²) in [5.41, 5.74) is 1.26. The lowest BCUT2D eigenvalue weighted by molar-refractivity contribution is 0.0701. The second kappa shape index (κ2) is 9.07. The Morgan fingerprint density at radius 1 is 1.31 bits per heavy atom. The average molecular weight is 434 g/mol. The monoisotopic (exact) mass is 433 g/mol. The minimum Gasteiger partial charge on any atom is -0.477 e. The van der Waals surface area contributed by atoms with Crippen LogP contribution < -0.4 is 5.56 Å². The molecule has 0 fully saturated rings. The van der Waals surface area contributed by atoms with Crippen LogP contribution in [0.1, 0.15) is 40.5 Å². The van der Waals surface area contributed by atoms with E-state index in [0.29, 0.717) is 39.6 Å². The molecule has 0 atom stereocenters. The second-order valence-corrected chi connectivity index (χ2v) is 8.30. The molecule has 0 bridgehead atoms. The van der Waals surface area contributed by atoms with E-state index >= 15 is 0 Å². The largest absolute Gasteiger partial charge is 0.477 e. The van der Waals surface area contributed by atoms with Gasteiger partial charge in [-0.2, -0.15) is 0 Å². The van der Waals surface area contributed by atoms with Crippen LogP contribution in [0.2, 0.25) is 5.02 Å². The minimum atomic E-state index is -1.03. The van der Waals surface area contributed by atoms with Crippen molar-refractivity contribution >= 4 is 39.1 Å². The Labute approximate surface area is 178 Å². The molecule has 1 N–H and O–H groups in total. The van der Waals surface area contributed by atoms with Gasteiger partial charge in [0, 0.05) is 24.5 Å². The van der Waals surface area contributed by atoms with Gasteiger partial charge in [-0.3, -0.25) is 9.36 Å². The molecule has 0 radical (unpaired) electrons. The van der Waals surface area contributed by atoms with Gasteiger partial charge in [-0.1, -0.05) is 37.6 Å². The smallest absolute Gasteiger partial charge is 0.346 e. The van der Waals surface area contributed by atoms with Gasteiger partial charge in [-0.15, -0.1) is 11.3 Å². The van der Waals surface area contributed by atoms with E-state index in [4.69, 9.17) is 16.6 Å². The summed E-state index contributed by atoms with van der Waals surface area (Å²) in [6.07, 6.45) is 0.448. The zero-order valence-electron chi connectivity index (χ0n) is 16.7. The Balaban J connectivity index is 2.14. The minimum absolute atomic E-state index is 0.166. The predicted molar refractivity (Wildman–Crippen MR) is 118 cm³/mol. The van der Waals surface area contributed by atoms with Crippen LogP contribution in [0.4, 0.5) is 0 Å². The number of fused-ring (bicyclic) bond motifs is 1. The molecule has 3 rings (SSSR count). The Kier molecular flexibility index (Phi) is 6.72. The van der Waals surface area contributed by atoms with Crippen LogP contribution in [0.3, 0.4) is 0 Å². The number of hydrogen-bond donors (Lipinski definition) is 1. The summed E-state index contributed by atoms with van der Waals surface area (Å²) in [7, 11) is 0. The highest BCUT2D eigenvalue weighted by atomic mass is 35.5. The number of likely N-dealkylation sites (N-methyl/N-ethyl adjacent to an activating group) is 1. The van der Waals surface area contributed by atoms with E-state index in [9.17, 15) is 14.7 Å². The highest BCUT2D eigenvalue weighted by Gasteiger charge is 2.21. The van der Waals surface area contributed by atoms with Crippen LogP contribution >= 0.6 is 22.9 Å². The van der Waals surface area contributed by atoms with Crippen LogP contribution in [0, 0.1) is 6.92 Å². The van der Waals surface area contributed by atoms with Crippen LogP contribution in [0.5, 0.6) is 0 Å². The van der Waals surface area contributed by atoms with Gasteiger partial charge in [0.1, 0.15) is 15.5 Å². The zero-order chi connectivity index (χ0) is 21.1. The highest BCUT2D eigenvalue weighted by Crippen LogP contribution is 2.28. The highest BCUT2D eigenvalue weighted by molar-refractivity contribution is 7.20. The molecular formula is C21H24ClN3O3S. The fourth-order valence-corrected chi connectivity index (χ4v) is 4.68. The van der Waals surface area contributed by atoms with E-state index in [2.05, 4.69) is 18.7 Å². The number of aromatic carboxylic acids is 1. The quantitative estimate of drug-likeness (QED) is 0.580. The fourth-order valence-electron chi connectivity index (χ4n) is 3.44. The fraction of sp³-hybridized carbons (Fsp3) is 0.381. The molecule has 0 aliphatic rings. The Hall–Kier alpha value is -2.22. The topological polar surface area (TPSA) is 75.4 Å². The first-order chi connectivity index (χ1) is 13.8. The lowest BCUT2D eigenvalue weighted by Gasteiger charge is -2.20. The summed E-state index contributed by atoms with van der Waals surface area (Å²) >= 11 is 7.17. The van der Waals surface area contributed by atoms with Gasteiger partial charge < -0.3 is 10.0 Å². The SMILES string of the molecule is CCN(CC)CCn1c(Cc2cccc(Cl)c2)nc2sc(C(=O)O)c(C)c2c1=O. The molecule has 0 saturated carbocycles. The van der Waals surface area contributed by atoms with Gasteiger partial charge in [-0.05, 0) is 43.3 Å². The molecule has 154 valence electrons. The van der Waals surface area contributed by atoms with Crippen LogP contribution in [0.15, 0.2) is 29.1 Å². The molecule has 8 heteroatoms. The second-order valence-electron chi connectivity index (χ2n) is 6.86. The number of carbonyl (C=O) groups is 1. The van der Waals surface area contributed by atoms with E-state index in [0.717, 1.165) is 36.5 Å². The Morgan fingerprint density at radius 3 is 2.66 bits per heavy atom. The maximum atomic E-state index is 13.3. The summed E-state index contributed by atoms with van der Waals surface area (Å²) in [4.78, 5) is 32.5. The number of benzene rings is 1. The van der Waals surface area contributed by atoms with Gasteiger partial charge in [-0.25, -0.2) is 9.78 Å². The first kappa shape index (κ1) is 21.5. The number of aryl methyl sites for hydroxylation is 1. The van der Waals surface area contributed by atoms with Crippen LogP contribution in [0.25, 0.3) is 10.2 Å². The van der Waals surface area contributed by atoms with Crippen molar-refractivity contribution in [3.63, 3.8) is 0 Å². The number of halogens is 1. The van der Waals surface area contributed by atoms with Crippen molar-refractivity contribution in [2.24, 2.45) is 0 Å². The molecule has 0 aliphatic heterocycles. The normalized spacial score (nSPS) is 11.5. The number of hydrogen-bond acceptors (Lipinski definition) is 5. The van der Waals surface area contributed by atoms with Gasteiger partial charge in [0.15, 0.2) is 0 Å². The van der Waals surface area contributed by atoms with Crippen molar-refractivity contribution in [1.82, 2.24) is 14.5 Å². The van der Waals surface area contributed by atoms with Crippen molar-refractivity contribution in [2.75, 3.05) is 19.6 Å². The predicted octanol–water partition coefficient (Wildman–Crippen LogP) is 4.05. The lowest BCUT2D eigenvalue weighted by Crippen LogP contribution is -2.33. The third-order valence-electron chi connectivity index (χ3n) is 5.11. The molecule has 3 aromatic rings. The molecule has 0 spiro atoms. The summed E-state index contributed by atoms with van der Waals surface area (Å²) in [5, 5.41) is 10.5. The van der Waals surface area contributed by atoms with E-state index in [1.165, 1.54) is 0 Å². The first-order valence-corrected chi connectivity index (χ1v) is 10.8. The van der Waals surface area contributed by atoms with Gasteiger partial charge in [0.2, 0.25) is 0 Å². The summed E-state index contributed by atoms with van der Waals surface area (Å²) in [6, 6.07) is 7.47. The first-order valence-electron chi connectivity index (χ1n) is 9.58. The maximum absolute atomic E-state index is 13.3. The number of aromatic nitrogens is 2. The standard InChI is InChI=1S/C21H24ClN3O3S/c1-4-24(5-2)9-10-25-16(12-14-7-6-8-15(22)11-14)23-19-17(20(25)26)13(3)18(29-19)21(27)28/h6-8,11H,4-5,9-10,12H2,1-3H3,(H,27,28). The third-order valence-corrected chi connectivity index (χ3v) is 6.52. The Morgan fingerprint density at radius 2 is 2.03 bits per heavy atom. The lowest BCUT2D eigenvalue weighted by atomic mass is 10.1. The summed E-state index contributed by atoms with van der Waals surface area (Å²) in [5.74, 6) is -0.411. The van der Waals surface area contributed by atoms with E-state index in [1.807, 2.05) is 18.2 Å². The molecule has 2 heterocycles. The molecular weight excluding hydrogens is 410 g/mol. The van der Waals surface area contributed by atoms with Crippen LogP contribution in [-0.2, 0) is 13.0 Å². The molecule has 0 amide bonds. The maximum Gasteiger partial charge on any atom is 0.346 e. The van der Waals surface area contributed by atoms with E-state index in [1.54, 1.807) is 17.6 Å². The van der Waals surface area contributed by atoms with Crippen molar-refractivity contribution in [3.8, 4) is 0 Å². The molecule has 0 aliphatic carbocycles. The van der Waals surface area contributed by atoms with E-state index in [-0.39, 0.29) is 10.4 Å². The van der Waals surface area contributed by atoms with Crippen molar-refractivity contribution in [1.29, 1.82) is 0 Å². The molecule has 0 unspecified atom stereocenters. The average Bonchev–Trinajstić information content (AvgIpc) is 3.01. The van der Waals surface area contributed by atoms with Gasteiger partial charge in [0.25, 0.3) is 5.56 Å².